The highest BCUT2D eigenvalue weighted by Gasteiger charge is 2.23. The summed E-state index contributed by atoms with van der Waals surface area (Å²) in [7, 11) is 0. The first kappa shape index (κ1) is 9.89. The highest BCUT2D eigenvalue weighted by molar-refractivity contribution is 7.26. The number of benzene rings is 3. The Kier molecular flexibility index (Phi) is 2.24. The van der Waals surface area contributed by atoms with E-state index in [0.717, 1.165) is 15.6 Å². The van der Waals surface area contributed by atoms with Crippen molar-refractivity contribution in [2.24, 2.45) is 0 Å². The zero-order valence-corrected chi connectivity index (χ0v) is 14.2. The predicted molar refractivity (Wildman–Crippen MR) is 103 cm³/mol. The maximum absolute atomic E-state index is 8.42. The van der Waals surface area contributed by atoms with Gasteiger partial charge in [0, 0.05) is 20.2 Å². The van der Waals surface area contributed by atoms with Gasteiger partial charge in [-0.1, -0.05) is 81.3 Å². The molecule has 0 radical (unpaired) electrons. The zero-order chi connectivity index (χ0) is 20.4. The molecule has 0 bridgehead atoms. The summed E-state index contributed by atoms with van der Waals surface area (Å²) >= 11 is 1.69. The van der Waals surface area contributed by atoms with Crippen molar-refractivity contribution in [1.82, 2.24) is 0 Å². The third kappa shape index (κ3) is 2.36. The average molecular weight is 321 g/mol. The number of fused-ring (bicyclic) bond motifs is 3. The molecule has 0 unspecified atom stereocenters. The fourth-order valence-corrected chi connectivity index (χ4v) is 4.59. The smallest absolute Gasteiger partial charge is 0.0629 e. The minimum atomic E-state index is -0.362. The summed E-state index contributed by atoms with van der Waals surface area (Å²) in [5.41, 5.74) is 1.74. The molecular weight excluding hydrogens is 296 g/mol. The van der Waals surface area contributed by atoms with E-state index in [1.165, 1.54) is 10.1 Å². The van der Waals surface area contributed by atoms with E-state index in [1.54, 1.807) is 11.3 Å². The van der Waals surface area contributed by atoms with E-state index in [0.29, 0.717) is 5.56 Å². The molecule has 0 atom stereocenters. The van der Waals surface area contributed by atoms with Crippen LogP contribution in [0.2, 0.25) is 0 Å². The molecule has 1 heteroatoms. The third-order valence-electron chi connectivity index (χ3n) is 4.07. The third-order valence-corrected chi connectivity index (χ3v) is 5.27. The van der Waals surface area contributed by atoms with Crippen molar-refractivity contribution in [3.63, 3.8) is 0 Å². The summed E-state index contributed by atoms with van der Waals surface area (Å²) in [6, 6.07) is 10.9. The second-order valence-electron chi connectivity index (χ2n) is 6.71. The van der Waals surface area contributed by atoms with Gasteiger partial charge in [-0.3, -0.25) is 0 Å². The van der Waals surface area contributed by atoms with Crippen molar-refractivity contribution in [1.29, 1.82) is 0 Å². The summed E-state index contributed by atoms with van der Waals surface area (Å²) in [6.45, 7) is 6.31. The van der Waals surface area contributed by atoms with E-state index in [-0.39, 0.29) is 41.2 Å². The van der Waals surface area contributed by atoms with Gasteiger partial charge in [-0.2, -0.15) is 0 Å². The van der Waals surface area contributed by atoms with Crippen LogP contribution in [0, 0.1) is 0 Å². The van der Waals surface area contributed by atoms with Gasteiger partial charge in [0.05, 0.1) is 6.85 Å². The summed E-state index contributed by atoms with van der Waals surface area (Å²) in [5.74, 6) is 0. The molecule has 0 saturated heterocycles. The maximum Gasteiger partial charge on any atom is 0.0629 e. The molecule has 1 aromatic heterocycles. The van der Waals surface area contributed by atoms with Crippen LogP contribution in [-0.4, -0.2) is 0 Å². The van der Waals surface area contributed by atoms with E-state index in [2.05, 4.69) is 32.9 Å². The standard InChI is InChI=1S/C22H20S/c1-22(2,3)20-16(15-9-5-4-6-10-15)13-14-18-17-11-7-8-12-19(17)23-21(18)20/h4-14H,1-3H3/i4D,5D,6D,9D,10D. The van der Waals surface area contributed by atoms with E-state index >= 15 is 0 Å². The van der Waals surface area contributed by atoms with Gasteiger partial charge in [0.2, 0.25) is 0 Å². The van der Waals surface area contributed by atoms with Crippen LogP contribution in [0.15, 0.2) is 66.6 Å². The summed E-state index contributed by atoms with van der Waals surface area (Å²) < 4.78 is 43.1. The van der Waals surface area contributed by atoms with Crippen LogP contribution < -0.4 is 0 Å². The average Bonchev–Trinajstić information content (AvgIpc) is 3.02. The van der Waals surface area contributed by atoms with Crippen molar-refractivity contribution in [3.8, 4) is 11.1 Å². The fraction of sp³-hybridized carbons (Fsp3) is 0.182. The van der Waals surface area contributed by atoms with Gasteiger partial charge in [0.1, 0.15) is 0 Å². The van der Waals surface area contributed by atoms with E-state index < -0.39 is 0 Å². The van der Waals surface area contributed by atoms with Gasteiger partial charge in [-0.15, -0.1) is 11.3 Å². The van der Waals surface area contributed by atoms with Crippen LogP contribution in [-0.2, 0) is 5.41 Å². The molecule has 4 rings (SSSR count). The number of thiophene rings is 1. The molecule has 0 nitrogen and oxygen atoms in total. The Morgan fingerprint density at radius 2 is 1.61 bits per heavy atom. The SMILES string of the molecule is [2H]c1c([2H])c([2H])c(-c2ccc3c(sc4ccccc43)c2C(C)(C)C)c([2H])c1[2H]. The van der Waals surface area contributed by atoms with Crippen molar-refractivity contribution in [2.45, 2.75) is 26.2 Å². The van der Waals surface area contributed by atoms with Crippen LogP contribution in [0.4, 0.5) is 0 Å². The molecule has 0 spiro atoms. The molecule has 0 amide bonds. The van der Waals surface area contributed by atoms with Gasteiger partial charge in [0.15, 0.2) is 0 Å². The first-order chi connectivity index (χ1) is 13.1. The van der Waals surface area contributed by atoms with Crippen LogP contribution in [0.1, 0.15) is 33.2 Å². The van der Waals surface area contributed by atoms with E-state index in [1.807, 2.05) is 24.3 Å². The highest BCUT2D eigenvalue weighted by atomic mass is 32.1. The van der Waals surface area contributed by atoms with Crippen LogP contribution in [0.5, 0.6) is 0 Å². The normalized spacial score (nSPS) is 15.2. The van der Waals surface area contributed by atoms with Gasteiger partial charge >= 0.3 is 0 Å². The maximum atomic E-state index is 8.42. The summed E-state index contributed by atoms with van der Waals surface area (Å²) in [4.78, 5) is 0. The molecule has 114 valence electrons. The van der Waals surface area contributed by atoms with Crippen molar-refractivity contribution in [3.05, 3.63) is 72.2 Å². The zero-order valence-electron chi connectivity index (χ0n) is 18.4. The molecule has 0 fully saturated rings. The molecule has 4 aromatic rings. The molecule has 23 heavy (non-hydrogen) atoms. The van der Waals surface area contributed by atoms with Gasteiger partial charge in [0.25, 0.3) is 0 Å². The Morgan fingerprint density at radius 3 is 2.35 bits per heavy atom. The Hall–Kier alpha value is -2.12. The Labute approximate surface area is 148 Å². The molecule has 0 aliphatic heterocycles. The van der Waals surface area contributed by atoms with Crippen molar-refractivity contribution in [2.75, 3.05) is 0 Å². The molecule has 0 N–H and O–H groups in total. The van der Waals surface area contributed by atoms with E-state index in [9.17, 15) is 0 Å². The quantitative estimate of drug-likeness (QED) is 0.353. The largest absolute Gasteiger partial charge is 0.135 e. The molecule has 0 aliphatic carbocycles. The van der Waals surface area contributed by atoms with Crippen molar-refractivity contribution < 1.29 is 6.85 Å². The number of hydrogen-bond donors (Lipinski definition) is 0. The monoisotopic (exact) mass is 321 g/mol. The minimum absolute atomic E-state index is 0.156. The lowest BCUT2D eigenvalue weighted by atomic mass is 9.81. The second-order valence-corrected chi connectivity index (χ2v) is 7.77. The topological polar surface area (TPSA) is 0 Å². The molecule has 0 aliphatic rings. The summed E-state index contributed by atoms with van der Waals surface area (Å²) in [6.07, 6.45) is 0. The first-order valence-corrected chi connectivity index (χ1v) is 8.46. The lowest BCUT2D eigenvalue weighted by molar-refractivity contribution is 0.598. The Morgan fingerprint density at radius 1 is 0.870 bits per heavy atom. The van der Waals surface area contributed by atoms with Crippen molar-refractivity contribution >= 4 is 31.5 Å². The first-order valence-electron chi connectivity index (χ1n) is 10.1. The highest BCUT2D eigenvalue weighted by Crippen LogP contribution is 2.44. The molecule has 1 heterocycles. The van der Waals surface area contributed by atoms with E-state index in [4.69, 9.17) is 6.85 Å². The van der Waals surface area contributed by atoms with Crippen LogP contribution in [0.25, 0.3) is 31.3 Å². The van der Waals surface area contributed by atoms with Gasteiger partial charge in [-0.25, -0.2) is 0 Å². The fourth-order valence-electron chi connectivity index (χ4n) is 3.13. The summed E-state index contributed by atoms with van der Waals surface area (Å²) in [5, 5.41) is 2.32. The van der Waals surface area contributed by atoms with Crippen LogP contribution in [0.3, 0.4) is 0 Å². The molecule has 3 aromatic carbocycles. The molecular formula is C22H20S. The second kappa shape index (κ2) is 5.21. The molecule has 0 saturated carbocycles. The lowest BCUT2D eigenvalue weighted by Gasteiger charge is -2.24. The van der Waals surface area contributed by atoms with Gasteiger partial charge in [-0.05, 0) is 28.2 Å². The van der Waals surface area contributed by atoms with Gasteiger partial charge < -0.3 is 0 Å². The Bertz CT molecular complexity index is 1220. The Balaban J connectivity index is 2.19. The lowest BCUT2D eigenvalue weighted by Crippen LogP contribution is -2.13. The predicted octanol–water partition coefficient (Wildman–Crippen LogP) is 7.02. The number of rotatable bonds is 1. The number of hydrogen-bond acceptors (Lipinski definition) is 1. The van der Waals surface area contributed by atoms with Crippen LogP contribution >= 0.6 is 11.3 Å². The minimum Gasteiger partial charge on any atom is -0.135 e.